The zero-order chi connectivity index (χ0) is 27.1. The highest BCUT2D eigenvalue weighted by Gasteiger charge is 2.19. The van der Waals surface area contributed by atoms with E-state index in [4.69, 9.17) is 16.0 Å². The molecule has 196 valence electrons. The van der Waals surface area contributed by atoms with Crippen LogP contribution < -0.4 is 22.0 Å². The van der Waals surface area contributed by atoms with Crippen LogP contribution in [0.1, 0.15) is 11.4 Å². The van der Waals surface area contributed by atoms with Crippen molar-refractivity contribution in [2.45, 2.75) is 13.1 Å². The number of benzene rings is 2. The summed E-state index contributed by atoms with van der Waals surface area (Å²) in [6, 6.07) is 4.66. The molecule has 2 aromatic carbocycles. The Morgan fingerprint density at radius 2 is 1.76 bits per heavy atom. The number of anilines is 3. The van der Waals surface area contributed by atoms with Crippen LogP contribution in [-0.4, -0.2) is 40.9 Å². The summed E-state index contributed by atoms with van der Waals surface area (Å²) < 4.78 is 49.9. The third kappa shape index (κ3) is 4.70. The van der Waals surface area contributed by atoms with Gasteiger partial charge in [-0.1, -0.05) is 11.6 Å². The minimum atomic E-state index is -1.66. The zero-order valence-corrected chi connectivity index (χ0v) is 20.4. The summed E-state index contributed by atoms with van der Waals surface area (Å²) in [6.45, 7) is -0.806. The van der Waals surface area contributed by atoms with E-state index in [0.29, 0.717) is 11.1 Å². The summed E-state index contributed by atoms with van der Waals surface area (Å²) in [7, 11) is 3.22. The molecule has 0 unspecified atom stereocenters. The van der Waals surface area contributed by atoms with Gasteiger partial charge >= 0.3 is 11.4 Å². The SMILES string of the molecule is CNc1nc2cc(Cl)c(Nc3nc(=O)n(Cc4ncn(C)n4)c(=O)n3Cc3cc(F)c(F)c(F)c3)cc2o1. The molecule has 2 N–H and O–H groups in total. The fourth-order valence-corrected chi connectivity index (χ4v) is 3.86. The number of oxazole rings is 1. The number of hydrogen-bond acceptors (Lipinski definition) is 9. The Morgan fingerprint density at radius 3 is 2.42 bits per heavy atom. The molecule has 0 saturated carbocycles. The second-order valence-electron chi connectivity index (χ2n) is 8.07. The highest BCUT2D eigenvalue weighted by Crippen LogP contribution is 2.31. The van der Waals surface area contributed by atoms with Gasteiger partial charge in [-0.2, -0.15) is 15.1 Å². The molecule has 0 aliphatic heterocycles. The molecule has 3 heterocycles. The number of aryl methyl sites for hydroxylation is 1. The van der Waals surface area contributed by atoms with Crippen LogP contribution in [0.3, 0.4) is 0 Å². The van der Waals surface area contributed by atoms with Gasteiger partial charge in [-0.3, -0.25) is 9.25 Å². The molecule has 3 aromatic heterocycles. The maximum atomic E-state index is 13.9. The van der Waals surface area contributed by atoms with Crippen LogP contribution in [0.15, 0.2) is 44.6 Å². The van der Waals surface area contributed by atoms with E-state index in [1.165, 1.54) is 23.1 Å². The minimum absolute atomic E-state index is 0.107. The molecule has 5 rings (SSSR count). The molecule has 5 aromatic rings. The Morgan fingerprint density at radius 1 is 1.03 bits per heavy atom. The Hall–Kier alpha value is -4.66. The van der Waals surface area contributed by atoms with E-state index in [9.17, 15) is 22.8 Å². The first kappa shape index (κ1) is 25.0. The minimum Gasteiger partial charge on any atom is -0.423 e. The molecular formula is C22H17ClF3N9O3. The van der Waals surface area contributed by atoms with Gasteiger partial charge in [0.05, 0.1) is 23.8 Å². The van der Waals surface area contributed by atoms with Crippen molar-refractivity contribution in [2.75, 3.05) is 17.7 Å². The lowest BCUT2D eigenvalue weighted by molar-refractivity contribution is 0.444. The molecule has 0 radical (unpaired) electrons. The van der Waals surface area contributed by atoms with Gasteiger partial charge in [0.2, 0.25) is 5.95 Å². The van der Waals surface area contributed by atoms with E-state index < -0.39 is 35.4 Å². The first-order valence-electron chi connectivity index (χ1n) is 10.9. The van der Waals surface area contributed by atoms with Crippen molar-refractivity contribution < 1.29 is 17.6 Å². The third-order valence-corrected chi connectivity index (χ3v) is 5.73. The third-order valence-electron chi connectivity index (χ3n) is 5.42. The summed E-state index contributed by atoms with van der Waals surface area (Å²) in [5, 5.41) is 9.75. The molecule has 16 heteroatoms. The molecule has 0 saturated heterocycles. The van der Waals surface area contributed by atoms with Gasteiger partial charge in [0.1, 0.15) is 11.8 Å². The van der Waals surface area contributed by atoms with E-state index >= 15 is 0 Å². The highest BCUT2D eigenvalue weighted by molar-refractivity contribution is 6.34. The normalized spacial score (nSPS) is 11.3. The fourth-order valence-electron chi connectivity index (χ4n) is 3.65. The average Bonchev–Trinajstić information content (AvgIpc) is 3.47. The molecule has 0 spiro atoms. The van der Waals surface area contributed by atoms with Crippen LogP contribution >= 0.6 is 11.6 Å². The maximum absolute atomic E-state index is 13.9. The van der Waals surface area contributed by atoms with E-state index in [2.05, 4.69) is 30.7 Å². The topological polar surface area (TPSA) is 138 Å². The van der Waals surface area contributed by atoms with Crippen molar-refractivity contribution in [3.8, 4) is 0 Å². The van der Waals surface area contributed by atoms with E-state index in [0.717, 1.165) is 21.3 Å². The van der Waals surface area contributed by atoms with Crippen LogP contribution in [0.4, 0.5) is 30.8 Å². The van der Waals surface area contributed by atoms with Crippen molar-refractivity contribution in [2.24, 2.45) is 7.05 Å². The molecular weight excluding hydrogens is 531 g/mol. The van der Waals surface area contributed by atoms with Crippen molar-refractivity contribution in [1.82, 2.24) is 33.9 Å². The smallest absolute Gasteiger partial charge is 0.355 e. The molecule has 0 amide bonds. The van der Waals surface area contributed by atoms with Crippen molar-refractivity contribution >= 4 is 40.4 Å². The summed E-state index contributed by atoms with van der Waals surface area (Å²) in [6.07, 6.45) is 1.38. The average molecular weight is 548 g/mol. The molecule has 12 nitrogen and oxygen atoms in total. The van der Waals surface area contributed by atoms with Gasteiger partial charge in [0.15, 0.2) is 28.9 Å². The summed E-state index contributed by atoms with van der Waals surface area (Å²) >= 11 is 6.37. The van der Waals surface area contributed by atoms with Gasteiger partial charge in [0, 0.05) is 20.2 Å². The second-order valence-corrected chi connectivity index (χ2v) is 8.48. The number of nitrogens with one attached hydrogen (secondary N) is 2. The van der Waals surface area contributed by atoms with E-state index in [1.54, 1.807) is 14.1 Å². The standard InChI is InChI=1S/C22H17ClF3N9O3/c1-27-20-30-15-5-11(23)14(6-16(15)38-20)29-19-31-21(36)35(8-17-28-9-33(2)32-17)22(37)34(19)7-10-3-12(24)18(26)13(25)4-10/h3-6,9H,7-8H2,1-2H3,(H,27,30)(H,29,31,36). The van der Waals surface area contributed by atoms with Gasteiger partial charge < -0.3 is 15.1 Å². The van der Waals surface area contributed by atoms with E-state index in [1.807, 2.05) is 0 Å². The van der Waals surface area contributed by atoms with Gasteiger partial charge in [-0.25, -0.2) is 32.3 Å². The molecule has 0 atom stereocenters. The predicted octanol–water partition coefficient (Wildman–Crippen LogP) is 2.63. The Bertz CT molecular complexity index is 1790. The molecule has 0 aliphatic carbocycles. The number of hydrogen-bond donors (Lipinski definition) is 2. The quantitative estimate of drug-likeness (QED) is 0.294. The number of rotatable bonds is 7. The van der Waals surface area contributed by atoms with Crippen LogP contribution in [0.2, 0.25) is 5.02 Å². The van der Waals surface area contributed by atoms with Gasteiger partial charge in [0.25, 0.3) is 6.01 Å². The van der Waals surface area contributed by atoms with Crippen LogP contribution in [0, 0.1) is 17.5 Å². The first-order valence-corrected chi connectivity index (χ1v) is 11.2. The lowest BCUT2D eigenvalue weighted by Crippen LogP contribution is -2.43. The van der Waals surface area contributed by atoms with Crippen molar-refractivity contribution in [3.63, 3.8) is 0 Å². The van der Waals surface area contributed by atoms with Crippen LogP contribution in [-0.2, 0) is 20.1 Å². The van der Waals surface area contributed by atoms with Crippen LogP contribution in [0.5, 0.6) is 0 Å². The fraction of sp³-hybridized carbons (Fsp3) is 0.182. The summed E-state index contributed by atoms with van der Waals surface area (Å²) in [5.74, 6) is -4.69. The number of aromatic nitrogens is 7. The van der Waals surface area contributed by atoms with Crippen molar-refractivity contribution in [1.29, 1.82) is 0 Å². The maximum Gasteiger partial charge on any atom is 0.355 e. The van der Waals surface area contributed by atoms with Gasteiger partial charge in [-0.15, -0.1) is 0 Å². The monoisotopic (exact) mass is 547 g/mol. The molecule has 38 heavy (non-hydrogen) atoms. The summed E-state index contributed by atoms with van der Waals surface area (Å²) in [5.41, 5.74) is -1.01. The molecule has 0 bridgehead atoms. The Labute approximate surface area is 215 Å². The van der Waals surface area contributed by atoms with Gasteiger partial charge in [-0.05, 0) is 23.8 Å². The number of halogens is 4. The molecule has 0 fully saturated rings. The van der Waals surface area contributed by atoms with Crippen LogP contribution in [0.25, 0.3) is 11.1 Å². The number of fused-ring (bicyclic) bond motifs is 1. The van der Waals surface area contributed by atoms with Crippen molar-refractivity contribution in [3.05, 3.63) is 85.4 Å². The lowest BCUT2D eigenvalue weighted by atomic mass is 10.2. The summed E-state index contributed by atoms with van der Waals surface area (Å²) in [4.78, 5) is 38.4. The predicted molar refractivity (Wildman–Crippen MR) is 130 cm³/mol. The highest BCUT2D eigenvalue weighted by atomic mass is 35.5. The first-order chi connectivity index (χ1) is 18.1. The Kier molecular flexibility index (Phi) is 6.36. The molecule has 0 aliphatic rings. The lowest BCUT2D eigenvalue weighted by Gasteiger charge is -2.16. The second kappa shape index (κ2) is 9.66. The largest absolute Gasteiger partial charge is 0.423 e. The number of nitrogens with zero attached hydrogens (tertiary/aromatic N) is 7. The zero-order valence-electron chi connectivity index (χ0n) is 19.7. The Balaban J connectivity index is 1.63. The van der Waals surface area contributed by atoms with E-state index in [-0.39, 0.29) is 40.6 Å².